The maximum Gasteiger partial charge on any atom is 0.262 e. The molecule has 0 saturated heterocycles. The molecule has 5 nitrogen and oxygen atoms in total. The van der Waals surface area contributed by atoms with Crippen molar-refractivity contribution in [1.29, 1.82) is 0 Å². The van der Waals surface area contributed by atoms with E-state index in [0.717, 1.165) is 10.5 Å². The summed E-state index contributed by atoms with van der Waals surface area (Å²) >= 11 is 0. The normalized spacial score (nSPS) is 14.6. The van der Waals surface area contributed by atoms with Crippen LogP contribution in [0.2, 0.25) is 0 Å². The Morgan fingerprint density at radius 3 is 1.96 bits per heavy atom. The van der Waals surface area contributed by atoms with Crippen LogP contribution in [0.3, 0.4) is 0 Å². The number of fused-ring (bicyclic) bond motifs is 1. The Balaban J connectivity index is 1.73. The summed E-state index contributed by atoms with van der Waals surface area (Å²) in [4.78, 5) is 38.2. The van der Waals surface area contributed by atoms with Gasteiger partial charge in [-0.15, -0.1) is 0 Å². The number of carbonyl (C=O) groups excluding carboxylic acids is 3. The summed E-state index contributed by atoms with van der Waals surface area (Å²) in [5, 5.41) is 2.94. The average molecular weight is 336 g/mol. The largest absolute Gasteiger partial charge is 0.347 e. The molecule has 0 unspecified atom stereocenters. The topological polar surface area (TPSA) is 66.5 Å². The summed E-state index contributed by atoms with van der Waals surface area (Å²) < 4.78 is 0. The van der Waals surface area contributed by atoms with E-state index >= 15 is 0 Å². The highest BCUT2D eigenvalue weighted by Gasteiger charge is 2.36. The third-order valence-electron chi connectivity index (χ3n) is 4.32. The molecule has 0 bridgehead atoms. The minimum Gasteiger partial charge on any atom is -0.347 e. The highest BCUT2D eigenvalue weighted by Crippen LogP contribution is 2.23. The van der Waals surface area contributed by atoms with E-state index < -0.39 is 11.8 Å². The van der Waals surface area contributed by atoms with Crippen LogP contribution >= 0.6 is 0 Å². The van der Waals surface area contributed by atoms with Gasteiger partial charge in [0, 0.05) is 0 Å². The summed E-state index contributed by atoms with van der Waals surface area (Å²) in [5.74, 6) is -1.02. The predicted octanol–water partition coefficient (Wildman–Crippen LogP) is 2.80. The summed E-state index contributed by atoms with van der Waals surface area (Å²) in [6, 6.07) is 16.1. The van der Waals surface area contributed by atoms with Gasteiger partial charge >= 0.3 is 0 Å². The quantitative estimate of drug-likeness (QED) is 0.854. The third kappa shape index (κ3) is 3.31. The minimum absolute atomic E-state index is 0.175. The fourth-order valence-electron chi connectivity index (χ4n) is 3.04. The standard InChI is InChI=1S/C20H20N2O3/c1-13(2)18(14-8-4-3-5-9-14)21-17(23)12-22-19(24)15-10-6-7-11-16(15)20(22)25/h3-11,13,18H,12H2,1-2H3,(H,21,23)/t18-/m0/s1. The molecule has 0 radical (unpaired) electrons. The van der Waals surface area contributed by atoms with Crippen LogP contribution in [0.5, 0.6) is 0 Å². The lowest BCUT2D eigenvalue weighted by molar-refractivity contribution is -0.122. The van der Waals surface area contributed by atoms with Gasteiger partial charge in [-0.05, 0) is 23.6 Å². The number of nitrogens with zero attached hydrogens (tertiary/aromatic N) is 1. The van der Waals surface area contributed by atoms with Crippen LogP contribution in [-0.2, 0) is 4.79 Å². The van der Waals surface area contributed by atoms with E-state index in [0.29, 0.717) is 11.1 Å². The van der Waals surface area contributed by atoms with Gasteiger partial charge in [-0.3, -0.25) is 19.3 Å². The molecule has 0 aliphatic carbocycles. The number of imide groups is 1. The van der Waals surface area contributed by atoms with Crippen molar-refractivity contribution in [3.05, 3.63) is 71.3 Å². The van der Waals surface area contributed by atoms with E-state index in [1.165, 1.54) is 0 Å². The number of hydrogen-bond donors (Lipinski definition) is 1. The van der Waals surface area contributed by atoms with Crippen LogP contribution in [0, 0.1) is 5.92 Å². The molecule has 3 amide bonds. The number of rotatable bonds is 5. The van der Waals surface area contributed by atoms with Gasteiger partial charge in [-0.1, -0.05) is 56.3 Å². The predicted molar refractivity (Wildman–Crippen MR) is 94.0 cm³/mol. The molecule has 3 rings (SSSR count). The summed E-state index contributed by atoms with van der Waals surface area (Å²) in [7, 11) is 0. The Kier molecular flexibility index (Phi) is 4.65. The molecular weight excluding hydrogens is 316 g/mol. The Morgan fingerprint density at radius 2 is 1.44 bits per heavy atom. The first-order valence-electron chi connectivity index (χ1n) is 8.28. The second-order valence-electron chi connectivity index (χ2n) is 6.44. The van der Waals surface area contributed by atoms with Gasteiger partial charge in [0.1, 0.15) is 6.54 Å². The van der Waals surface area contributed by atoms with Crippen molar-refractivity contribution in [2.24, 2.45) is 5.92 Å². The SMILES string of the molecule is CC(C)[C@H](NC(=O)CN1C(=O)c2ccccc2C1=O)c1ccccc1. The van der Waals surface area contributed by atoms with Gasteiger partial charge in [-0.2, -0.15) is 0 Å². The molecule has 2 aromatic rings. The van der Waals surface area contributed by atoms with Gasteiger partial charge in [0.25, 0.3) is 11.8 Å². The molecule has 0 fully saturated rings. The Labute approximate surface area is 146 Å². The van der Waals surface area contributed by atoms with Crippen LogP contribution in [-0.4, -0.2) is 29.2 Å². The van der Waals surface area contributed by atoms with Crippen molar-refractivity contribution in [2.75, 3.05) is 6.54 Å². The number of amides is 3. The van der Waals surface area contributed by atoms with Crippen molar-refractivity contribution >= 4 is 17.7 Å². The molecule has 128 valence electrons. The zero-order valence-electron chi connectivity index (χ0n) is 14.2. The van der Waals surface area contributed by atoms with Gasteiger partial charge < -0.3 is 5.32 Å². The fourth-order valence-corrected chi connectivity index (χ4v) is 3.04. The number of carbonyl (C=O) groups is 3. The molecule has 1 heterocycles. The maximum absolute atomic E-state index is 12.5. The first kappa shape index (κ1) is 16.9. The highest BCUT2D eigenvalue weighted by molar-refractivity contribution is 6.22. The van der Waals surface area contributed by atoms with Crippen LogP contribution < -0.4 is 5.32 Å². The lowest BCUT2D eigenvalue weighted by Crippen LogP contribution is -2.42. The fraction of sp³-hybridized carbons (Fsp3) is 0.250. The molecular formula is C20H20N2O3. The van der Waals surface area contributed by atoms with Gasteiger partial charge in [0.2, 0.25) is 5.91 Å². The molecule has 1 N–H and O–H groups in total. The number of hydrogen-bond acceptors (Lipinski definition) is 3. The zero-order chi connectivity index (χ0) is 18.0. The maximum atomic E-state index is 12.5. The molecule has 5 heteroatoms. The van der Waals surface area contributed by atoms with Crippen LogP contribution in [0.25, 0.3) is 0 Å². The van der Waals surface area contributed by atoms with Crippen molar-refractivity contribution in [1.82, 2.24) is 10.2 Å². The van der Waals surface area contributed by atoms with Gasteiger partial charge in [-0.25, -0.2) is 0 Å². The molecule has 2 aromatic carbocycles. The van der Waals surface area contributed by atoms with Crippen LogP contribution in [0.4, 0.5) is 0 Å². The minimum atomic E-state index is -0.420. The van der Waals surface area contributed by atoms with E-state index in [2.05, 4.69) is 5.32 Å². The van der Waals surface area contributed by atoms with E-state index in [-0.39, 0.29) is 24.4 Å². The molecule has 25 heavy (non-hydrogen) atoms. The third-order valence-corrected chi connectivity index (χ3v) is 4.32. The zero-order valence-corrected chi connectivity index (χ0v) is 14.2. The summed E-state index contributed by atoms with van der Waals surface area (Å²) in [6.45, 7) is 3.75. The molecule has 0 saturated carbocycles. The van der Waals surface area contributed by atoms with Gasteiger partial charge in [0.15, 0.2) is 0 Å². The molecule has 1 aliphatic rings. The van der Waals surface area contributed by atoms with E-state index in [1.54, 1.807) is 24.3 Å². The summed E-state index contributed by atoms with van der Waals surface area (Å²) in [6.07, 6.45) is 0. The van der Waals surface area contributed by atoms with Crippen LogP contribution in [0.15, 0.2) is 54.6 Å². The summed E-state index contributed by atoms with van der Waals surface area (Å²) in [5.41, 5.74) is 1.70. The Bertz CT molecular complexity index is 780. The van der Waals surface area contributed by atoms with Crippen molar-refractivity contribution in [3.63, 3.8) is 0 Å². The van der Waals surface area contributed by atoms with Crippen molar-refractivity contribution in [3.8, 4) is 0 Å². The Hall–Kier alpha value is -2.95. The second kappa shape index (κ2) is 6.89. The molecule has 1 atom stereocenters. The Morgan fingerprint density at radius 1 is 0.920 bits per heavy atom. The second-order valence-corrected chi connectivity index (χ2v) is 6.44. The number of nitrogens with one attached hydrogen (secondary N) is 1. The van der Waals surface area contributed by atoms with Crippen molar-refractivity contribution in [2.45, 2.75) is 19.9 Å². The number of benzene rings is 2. The first-order chi connectivity index (χ1) is 12.0. The highest BCUT2D eigenvalue weighted by atomic mass is 16.2. The molecule has 0 spiro atoms. The lowest BCUT2D eigenvalue weighted by Gasteiger charge is -2.24. The molecule has 1 aliphatic heterocycles. The lowest BCUT2D eigenvalue weighted by atomic mass is 9.96. The van der Waals surface area contributed by atoms with Crippen LogP contribution in [0.1, 0.15) is 46.2 Å². The van der Waals surface area contributed by atoms with Crippen molar-refractivity contribution < 1.29 is 14.4 Å². The van der Waals surface area contributed by atoms with Gasteiger partial charge in [0.05, 0.1) is 17.2 Å². The monoisotopic (exact) mass is 336 g/mol. The smallest absolute Gasteiger partial charge is 0.262 e. The van der Waals surface area contributed by atoms with E-state index in [4.69, 9.17) is 0 Å². The van der Waals surface area contributed by atoms with E-state index in [1.807, 2.05) is 44.2 Å². The average Bonchev–Trinajstić information content (AvgIpc) is 2.85. The molecule has 0 aromatic heterocycles. The first-order valence-corrected chi connectivity index (χ1v) is 8.28. The van der Waals surface area contributed by atoms with E-state index in [9.17, 15) is 14.4 Å².